The fourth-order valence-corrected chi connectivity index (χ4v) is 2.65. The fourth-order valence-electron chi connectivity index (χ4n) is 2.65. The Kier molecular flexibility index (Phi) is 10.4. The summed E-state index contributed by atoms with van der Waals surface area (Å²) in [5, 5.41) is 12.5. The molecule has 0 radical (unpaired) electrons. The first-order valence-electron chi connectivity index (χ1n) is 8.92. The molecule has 23 heavy (non-hydrogen) atoms. The summed E-state index contributed by atoms with van der Waals surface area (Å²) in [6, 6.07) is -0.531. The molecule has 1 saturated heterocycles. The lowest BCUT2D eigenvalue weighted by atomic mass is 10.0. The maximum atomic E-state index is 11.7. The van der Waals surface area contributed by atoms with Crippen LogP contribution in [-0.2, 0) is 14.3 Å². The first kappa shape index (κ1) is 19.7. The number of cyclic esters (lactones) is 1. The van der Waals surface area contributed by atoms with Crippen LogP contribution in [0, 0.1) is 0 Å². The Balaban J connectivity index is 1.97. The van der Waals surface area contributed by atoms with Crippen LogP contribution in [0.4, 0.5) is 0 Å². The van der Waals surface area contributed by atoms with Crippen LogP contribution in [0.1, 0.15) is 71.1 Å². The van der Waals surface area contributed by atoms with Gasteiger partial charge in [0.15, 0.2) is 0 Å². The summed E-state index contributed by atoms with van der Waals surface area (Å²) in [6.07, 6.45) is 12.9. The number of carbonyl (C=O) groups excluding carboxylic acids is 2. The number of allylic oxidation sites excluding steroid dienone is 2. The molecular formula is C18H31NO4. The zero-order valence-corrected chi connectivity index (χ0v) is 14.3. The van der Waals surface area contributed by atoms with E-state index in [1.54, 1.807) is 0 Å². The lowest BCUT2D eigenvalue weighted by molar-refractivity contribution is -0.141. The van der Waals surface area contributed by atoms with Crippen LogP contribution < -0.4 is 5.32 Å². The molecule has 0 bridgehead atoms. The van der Waals surface area contributed by atoms with Crippen LogP contribution in [0.5, 0.6) is 0 Å². The number of nitrogens with one attached hydrogen (secondary N) is 1. The average molecular weight is 325 g/mol. The Hall–Kier alpha value is -1.36. The number of aliphatic hydroxyl groups is 1. The predicted molar refractivity (Wildman–Crippen MR) is 89.9 cm³/mol. The van der Waals surface area contributed by atoms with Crippen LogP contribution in [0.2, 0.25) is 0 Å². The van der Waals surface area contributed by atoms with Gasteiger partial charge >= 0.3 is 5.97 Å². The zero-order chi connectivity index (χ0) is 16.9. The van der Waals surface area contributed by atoms with Gasteiger partial charge in [-0.25, -0.2) is 4.79 Å². The molecule has 0 saturated carbocycles. The maximum absolute atomic E-state index is 11.7. The second-order valence-corrected chi connectivity index (χ2v) is 6.16. The smallest absolute Gasteiger partial charge is 0.328 e. The van der Waals surface area contributed by atoms with E-state index in [1.807, 2.05) is 0 Å². The van der Waals surface area contributed by atoms with E-state index in [0.29, 0.717) is 19.4 Å². The highest BCUT2D eigenvalue weighted by atomic mass is 16.5. The molecule has 2 N–H and O–H groups in total. The Morgan fingerprint density at radius 2 is 2.04 bits per heavy atom. The summed E-state index contributed by atoms with van der Waals surface area (Å²) in [6.45, 7) is 2.50. The van der Waals surface area contributed by atoms with Crippen molar-refractivity contribution in [3.05, 3.63) is 12.2 Å². The second kappa shape index (κ2) is 12.1. The van der Waals surface area contributed by atoms with Crippen molar-refractivity contribution in [3.8, 4) is 0 Å². The molecule has 2 atom stereocenters. The average Bonchev–Trinajstić information content (AvgIpc) is 2.90. The number of hydrogen-bond donors (Lipinski definition) is 2. The minimum absolute atomic E-state index is 0.0611. The predicted octanol–water partition coefficient (Wildman–Crippen LogP) is 2.87. The van der Waals surface area contributed by atoms with E-state index >= 15 is 0 Å². The van der Waals surface area contributed by atoms with Crippen LogP contribution in [-0.4, -0.2) is 35.7 Å². The molecule has 1 heterocycles. The lowest BCUT2D eigenvalue weighted by Gasteiger charge is -2.12. The number of amides is 1. The van der Waals surface area contributed by atoms with Crippen molar-refractivity contribution in [2.75, 3.05) is 6.61 Å². The van der Waals surface area contributed by atoms with Crippen LogP contribution in [0.15, 0.2) is 12.2 Å². The summed E-state index contributed by atoms with van der Waals surface area (Å²) < 4.78 is 4.78. The molecule has 0 aromatic heterocycles. The molecule has 0 aliphatic carbocycles. The number of unbranched alkanes of at least 4 members (excludes halogenated alkanes) is 5. The van der Waals surface area contributed by atoms with Crippen molar-refractivity contribution < 1.29 is 19.4 Å². The van der Waals surface area contributed by atoms with Crippen LogP contribution >= 0.6 is 0 Å². The molecule has 1 aliphatic rings. The van der Waals surface area contributed by atoms with E-state index in [2.05, 4.69) is 24.4 Å². The number of aliphatic hydroxyl groups excluding tert-OH is 1. The maximum Gasteiger partial charge on any atom is 0.328 e. The van der Waals surface area contributed by atoms with E-state index < -0.39 is 12.1 Å². The lowest BCUT2D eigenvalue weighted by Crippen LogP contribution is -2.39. The molecule has 0 aromatic carbocycles. The van der Waals surface area contributed by atoms with E-state index in [-0.39, 0.29) is 18.3 Å². The third-order valence-corrected chi connectivity index (χ3v) is 4.00. The summed E-state index contributed by atoms with van der Waals surface area (Å²) >= 11 is 0. The third kappa shape index (κ3) is 9.39. The molecule has 0 aromatic rings. The summed E-state index contributed by atoms with van der Waals surface area (Å²) in [5.41, 5.74) is 0. The summed E-state index contributed by atoms with van der Waals surface area (Å²) in [7, 11) is 0. The Morgan fingerprint density at radius 1 is 1.30 bits per heavy atom. The van der Waals surface area contributed by atoms with Gasteiger partial charge in [0.25, 0.3) is 0 Å². The van der Waals surface area contributed by atoms with Crippen LogP contribution in [0.3, 0.4) is 0 Å². The molecule has 5 nitrogen and oxygen atoms in total. The molecule has 1 fully saturated rings. The van der Waals surface area contributed by atoms with Gasteiger partial charge in [-0.1, -0.05) is 44.8 Å². The number of rotatable bonds is 12. The minimum Gasteiger partial charge on any atom is -0.464 e. The topological polar surface area (TPSA) is 75.6 Å². The van der Waals surface area contributed by atoms with E-state index in [1.165, 1.54) is 19.3 Å². The van der Waals surface area contributed by atoms with Crippen molar-refractivity contribution in [2.24, 2.45) is 0 Å². The van der Waals surface area contributed by atoms with Crippen molar-refractivity contribution in [2.45, 2.75) is 83.3 Å². The monoisotopic (exact) mass is 325 g/mol. The first-order chi connectivity index (χ1) is 11.1. The number of hydrogen-bond acceptors (Lipinski definition) is 4. The molecule has 5 heteroatoms. The van der Waals surface area contributed by atoms with Crippen molar-refractivity contribution in [1.29, 1.82) is 0 Å². The first-order valence-corrected chi connectivity index (χ1v) is 8.92. The Labute approximate surface area is 139 Å². The number of carbonyl (C=O) groups is 2. The molecule has 132 valence electrons. The Bertz CT molecular complexity index is 381. The van der Waals surface area contributed by atoms with Gasteiger partial charge in [-0.05, 0) is 25.7 Å². The number of esters is 1. The quantitative estimate of drug-likeness (QED) is 0.329. The standard InChI is InChI=1S/C18H31NO4/c1-2-3-4-5-6-7-8-9-10-11-15(20)14-17(21)19-16-12-13-23-18(16)22/h3-4,15-16,20H,2,5-14H2,1H3,(H,19,21)/t15?,16-/m0/s1. The van der Waals surface area contributed by atoms with Crippen molar-refractivity contribution in [1.82, 2.24) is 5.32 Å². The highest BCUT2D eigenvalue weighted by Gasteiger charge is 2.28. The Morgan fingerprint density at radius 3 is 2.74 bits per heavy atom. The normalized spacial score (nSPS) is 19.0. The van der Waals surface area contributed by atoms with Gasteiger partial charge in [0.1, 0.15) is 6.04 Å². The molecule has 1 aliphatic heterocycles. The largest absolute Gasteiger partial charge is 0.464 e. The van der Waals surface area contributed by atoms with E-state index in [4.69, 9.17) is 4.74 Å². The highest BCUT2D eigenvalue weighted by Crippen LogP contribution is 2.11. The second-order valence-electron chi connectivity index (χ2n) is 6.16. The van der Waals surface area contributed by atoms with Gasteiger partial charge in [0.2, 0.25) is 5.91 Å². The van der Waals surface area contributed by atoms with Crippen LogP contribution in [0.25, 0.3) is 0 Å². The third-order valence-electron chi connectivity index (χ3n) is 4.00. The minimum atomic E-state index is -0.625. The highest BCUT2D eigenvalue weighted by molar-refractivity contribution is 5.85. The zero-order valence-electron chi connectivity index (χ0n) is 14.3. The van der Waals surface area contributed by atoms with Gasteiger partial charge in [-0.15, -0.1) is 0 Å². The van der Waals surface area contributed by atoms with E-state index in [0.717, 1.165) is 25.7 Å². The fraction of sp³-hybridized carbons (Fsp3) is 0.778. The molecular weight excluding hydrogens is 294 g/mol. The molecule has 0 spiro atoms. The molecule has 1 unspecified atom stereocenters. The van der Waals surface area contributed by atoms with Crippen molar-refractivity contribution in [3.63, 3.8) is 0 Å². The van der Waals surface area contributed by atoms with E-state index in [9.17, 15) is 14.7 Å². The molecule has 1 rings (SSSR count). The summed E-state index contributed by atoms with van der Waals surface area (Å²) in [5.74, 6) is -0.648. The van der Waals surface area contributed by atoms with Gasteiger partial charge in [-0.2, -0.15) is 0 Å². The van der Waals surface area contributed by atoms with Gasteiger partial charge in [0.05, 0.1) is 19.1 Å². The SMILES string of the molecule is CCC=CCCCCCCCC(O)CC(=O)N[C@H]1CCOC1=O. The van der Waals surface area contributed by atoms with Gasteiger partial charge in [0, 0.05) is 6.42 Å². The summed E-state index contributed by atoms with van der Waals surface area (Å²) in [4.78, 5) is 23.0. The van der Waals surface area contributed by atoms with Gasteiger partial charge in [-0.3, -0.25) is 4.79 Å². The van der Waals surface area contributed by atoms with Gasteiger partial charge < -0.3 is 15.2 Å². The number of ether oxygens (including phenoxy) is 1. The molecule has 1 amide bonds. The van der Waals surface area contributed by atoms with Crippen molar-refractivity contribution >= 4 is 11.9 Å².